The second-order valence-electron chi connectivity index (χ2n) is 5.00. The van der Waals surface area contributed by atoms with Gasteiger partial charge in [0, 0.05) is 13.1 Å². The average Bonchev–Trinajstić information content (AvgIpc) is 2.46. The van der Waals surface area contributed by atoms with E-state index in [1.165, 1.54) is 24.3 Å². The lowest BCUT2D eigenvalue weighted by Crippen LogP contribution is -2.14. The molecule has 0 spiro atoms. The topological polar surface area (TPSA) is 12.0 Å². The van der Waals surface area contributed by atoms with E-state index in [4.69, 9.17) is 0 Å². The van der Waals surface area contributed by atoms with Gasteiger partial charge in [-0.2, -0.15) is 26.3 Å². The number of nitrogens with one attached hydrogen (secondary N) is 1. The molecule has 0 saturated carbocycles. The molecule has 0 unspecified atom stereocenters. The smallest absolute Gasteiger partial charge is 0.309 e. The largest absolute Gasteiger partial charge is 0.416 e. The van der Waals surface area contributed by atoms with Crippen LogP contribution < -0.4 is 5.32 Å². The fraction of sp³-hybridized carbons (Fsp3) is 0.250. The molecule has 0 aliphatic heterocycles. The van der Waals surface area contributed by atoms with Crippen LogP contribution in [0.25, 0.3) is 0 Å². The fourth-order valence-electron chi connectivity index (χ4n) is 2.07. The molecule has 23 heavy (non-hydrogen) atoms. The molecule has 124 valence electrons. The van der Waals surface area contributed by atoms with Crippen molar-refractivity contribution in [2.45, 2.75) is 25.4 Å². The lowest BCUT2D eigenvalue weighted by Gasteiger charge is -2.11. The van der Waals surface area contributed by atoms with Crippen molar-refractivity contribution < 1.29 is 26.3 Å². The Balaban J connectivity index is 1.98. The van der Waals surface area contributed by atoms with Crippen LogP contribution in [0.3, 0.4) is 0 Å². The monoisotopic (exact) mass is 333 g/mol. The van der Waals surface area contributed by atoms with Crippen molar-refractivity contribution in [2.24, 2.45) is 0 Å². The zero-order valence-corrected chi connectivity index (χ0v) is 11.8. The molecule has 0 amide bonds. The van der Waals surface area contributed by atoms with E-state index in [-0.39, 0.29) is 13.1 Å². The first-order valence-corrected chi connectivity index (χ1v) is 6.69. The second-order valence-corrected chi connectivity index (χ2v) is 5.00. The van der Waals surface area contributed by atoms with Gasteiger partial charge in [0.25, 0.3) is 0 Å². The van der Waals surface area contributed by atoms with Gasteiger partial charge in [-0.3, -0.25) is 0 Å². The van der Waals surface area contributed by atoms with Crippen LogP contribution in [0.2, 0.25) is 0 Å². The molecule has 0 aromatic heterocycles. The molecule has 0 aliphatic rings. The highest BCUT2D eigenvalue weighted by atomic mass is 19.4. The number of benzene rings is 2. The third-order valence-electron chi connectivity index (χ3n) is 3.17. The van der Waals surface area contributed by atoms with Crippen LogP contribution >= 0.6 is 0 Å². The van der Waals surface area contributed by atoms with Crippen LogP contribution in [-0.4, -0.2) is 0 Å². The van der Waals surface area contributed by atoms with Crippen molar-refractivity contribution in [2.75, 3.05) is 0 Å². The van der Waals surface area contributed by atoms with E-state index in [2.05, 4.69) is 5.32 Å². The molecule has 7 heteroatoms. The van der Waals surface area contributed by atoms with E-state index in [1.54, 1.807) is 0 Å². The van der Waals surface area contributed by atoms with Gasteiger partial charge in [-0.15, -0.1) is 0 Å². The maximum atomic E-state index is 12.6. The van der Waals surface area contributed by atoms with E-state index < -0.39 is 23.5 Å². The number of rotatable bonds is 4. The minimum atomic E-state index is -4.42. The van der Waals surface area contributed by atoms with Gasteiger partial charge in [-0.1, -0.05) is 36.4 Å². The van der Waals surface area contributed by atoms with Gasteiger partial charge in [0.1, 0.15) is 0 Å². The molecular formula is C16H13F6N. The maximum Gasteiger partial charge on any atom is 0.416 e. The fourth-order valence-corrected chi connectivity index (χ4v) is 2.07. The molecule has 0 atom stereocenters. The number of halogens is 6. The van der Waals surface area contributed by atoms with Crippen LogP contribution in [0, 0.1) is 0 Å². The van der Waals surface area contributed by atoms with E-state index >= 15 is 0 Å². The molecule has 2 aromatic rings. The highest BCUT2D eigenvalue weighted by Crippen LogP contribution is 2.30. The van der Waals surface area contributed by atoms with Crippen molar-refractivity contribution in [3.8, 4) is 0 Å². The summed E-state index contributed by atoms with van der Waals surface area (Å²) in [4.78, 5) is 0. The molecule has 0 heterocycles. The third kappa shape index (κ3) is 4.99. The number of hydrogen-bond acceptors (Lipinski definition) is 1. The van der Waals surface area contributed by atoms with Gasteiger partial charge in [0.05, 0.1) is 11.1 Å². The summed E-state index contributed by atoms with van der Waals surface area (Å²) in [5, 5.41) is 2.84. The molecule has 0 saturated heterocycles. The Morgan fingerprint density at radius 3 is 1.39 bits per heavy atom. The van der Waals surface area contributed by atoms with Crippen molar-refractivity contribution in [3.63, 3.8) is 0 Å². The molecule has 0 bridgehead atoms. The van der Waals surface area contributed by atoms with Gasteiger partial charge in [0.2, 0.25) is 0 Å². The molecule has 2 aromatic carbocycles. The van der Waals surface area contributed by atoms with Crippen LogP contribution in [0.15, 0.2) is 48.5 Å². The quantitative estimate of drug-likeness (QED) is 0.775. The molecule has 0 fully saturated rings. The predicted octanol–water partition coefficient (Wildman–Crippen LogP) is 5.01. The predicted molar refractivity (Wildman–Crippen MR) is 73.4 cm³/mol. The summed E-state index contributed by atoms with van der Waals surface area (Å²) in [5.74, 6) is 0. The van der Waals surface area contributed by atoms with Gasteiger partial charge < -0.3 is 5.32 Å². The molecule has 0 aliphatic carbocycles. The SMILES string of the molecule is FC(F)(F)c1cccc(CNCc2cccc(C(F)(F)F)c2)c1. The first-order valence-electron chi connectivity index (χ1n) is 6.69. The Morgan fingerprint density at radius 2 is 1.04 bits per heavy atom. The standard InChI is InChI=1S/C16H13F6N/c17-15(18,19)13-5-1-3-11(7-13)9-23-10-12-4-2-6-14(8-12)16(20,21)22/h1-8,23H,9-10H2. The molecule has 0 radical (unpaired) electrons. The Bertz CT molecular complexity index is 603. The van der Waals surface area contributed by atoms with E-state index in [0.717, 1.165) is 24.3 Å². The highest BCUT2D eigenvalue weighted by Gasteiger charge is 2.31. The Hall–Kier alpha value is -2.02. The van der Waals surface area contributed by atoms with Crippen molar-refractivity contribution in [1.82, 2.24) is 5.32 Å². The lowest BCUT2D eigenvalue weighted by atomic mass is 10.1. The van der Waals surface area contributed by atoms with Crippen LogP contribution in [0.4, 0.5) is 26.3 Å². The van der Waals surface area contributed by atoms with Crippen LogP contribution in [0.1, 0.15) is 22.3 Å². The first-order chi connectivity index (χ1) is 10.7. The first kappa shape index (κ1) is 17.3. The average molecular weight is 333 g/mol. The molecule has 2 rings (SSSR count). The van der Waals surface area contributed by atoms with E-state index in [9.17, 15) is 26.3 Å². The minimum Gasteiger partial charge on any atom is -0.309 e. The molecule has 1 nitrogen and oxygen atoms in total. The summed E-state index contributed by atoms with van der Waals surface area (Å²) in [6.07, 6.45) is -8.84. The molecule has 1 N–H and O–H groups in total. The van der Waals surface area contributed by atoms with Crippen molar-refractivity contribution in [3.05, 3.63) is 70.8 Å². The Labute approximate surface area is 128 Å². The summed E-state index contributed by atoms with van der Waals surface area (Å²) in [6.45, 7) is 0.250. The lowest BCUT2D eigenvalue weighted by molar-refractivity contribution is -0.138. The minimum absolute atomic E-state index is 0.125. The second kappa shape index (κ2) is 6.62. The number of alkyl halides is 6. The number of hydrogen-bond donors (Lipinski definition) is 1. The van der Waals surface area contributed by atoms with Crippen LogP contribution in [-0.2, 0) is 25.4 Å². The zero-order chi connectivity index (χ0) is 17.1. The van der Waals surface area contributed by atoms with Gasteiger partial charge in [-0.25, -0.2) is 0 Å². The zero-order valence-electron chi connectivity index (χ0n) is 11.8. The Morgan fingerprint density at radius 1 is 0.652 bits per heavy atom. The van der Waals surface area contributed by atoms with E-state index in [1.807, 2.05) is 0 Å². The summed E-state index contributed by atoms with van der Waals surface area (Å²) in [5.41, 5.74) is -0.690. The highest BCUT2D eigenvalue weighted by molar-refractivity contribution is 5.27. The van der Waals surface area contributed by atoms with E-state index in [0.29, 0.717) is 11.1 Å². The van der Waals surface area contributed by atoms with Gasteiger partial charge in [-0.05, 0) is 23.3 Å². The van der Waals surface area contributed by atoms with Gasteiger partial charge in [0.15, 0.2) is 0 Å². The van der Waals surface area contributed by atoms with Crippen molar-refractivity contribution >= 4 is 0 Å². The summed E-state index contributed by atoms with van der Waals surface area (Å²) >= 11 is 0. The Kier molecular flexibility index (Phi) is 4.99. The van der Waals surface area contributed by atoms with Crippen molar-refractivity contribution in [1.29, 1.82) is 0 Å². The normalized spacial score (nSPS) is 12.4. The van der Waals surface area contributed by atoms with Gasteiger partial charge >= 0.3 is 12.4 Å². The summed E-state index contributed by atoms with van der Waals surface area (Å²) in [7, 11) is 0. The summed E-state index contributed by atoms with van der Waals surface area (Å²) in [6, 6.07) is 9.60. The van der Waals surface area contributed by atoms with Crippen LogP contribution in [0.5, 0.6) is 0 Å². The maximum absolute atomic E-state index is 12.6. The summed E-state index contributed by atoms with van der Waals surface area (Å²) < 4.78 is 75.5. The molecular weight excluding hydrogens is 320 g/mol. The third-order valence-corrected chi connectivity index (χ3v) is 3.17.